The van der Waals surface area contributed by atoms with E-state index < -0.39 is 6.03 Å². The van der Waals surface area contributed by atoms with Crippen LogP contribution in [0.15, 0.2) is 12.4 Å². The first-order valence-corrected chi connectivity index (χ1v) is 5.81. The number of unbranched alkanes of at least 4 members (excludes halogenated alkanes) is 4. The van der Waals surface area contributed by atoms with E-state index in [0.717, 1.165) is 13.0 Å². The smallest absolute Gasteiger partial charge is 0.318 e. The number of primary amides is 1. The number of anilines is 1. The fraction of sp³-hybridized carbons (Fsp3) is 0.636. The van der Waals surface area contributed by atoms with E-state index in [9.17, 15) is 4.79 Å². The Morgan fingerprint density at radius 3 is 2.88 bits per heavy atom. The summed E-state index contributed by atoms with van der Waals surface area (Å²) in [4.78, 5) is 14.7. The molecule has 0 aliphatic carbocycles. The monoisotopic (exact) mass is 224 g/mol. The molecule has 0 bridgehead atoms. The maximum Gasteiger partial charge on any atom is 0.318 e. The van der Waals surface area contributed by atoms with Crippen molar-refractivity contribution in [3.63, 3.8) is 0 Å². The van der Waals surface area contributed by atoms with Crippen LogP contribution in [0.5, 0.6) is 0 Å². The molecule has 2 amide bonds. The number of urea groups is 1. The van der Waals surface area contributed by atoms with Crippen molar-refractivity contribution in [2.75, 3.05) is 5.32 Å². The Balaban J connectivity index is 2.30. The van der Waals surface area contributed by atoms with Crippen LogP contribution in [0.4, 0.5) is 10.7 Å². The second-order valence-corrected chi connectivity index (χ2v) is 3.85. The molecule has 0 saturated heterocycles. The number of aryl methyl sites for hydroxylation is 1. The van der Waals surface area contributed by atoms with Crippen molar-refractivity contribution in [1.29, 1.82) is 0 Å². The van der Waals surface area contributed by atoms with Gasteiger partial charge in [-0.15, -0.1) is 0 Å². The fourth-order valence-corrected chi connectivity index (χ4v) is 1.61. The summed E-state index contributed by atoms with van der Waals surface area (Å²) in [7, 11) is 0. The third-order valence-corrected chi connectivity index (χ3v) is 2.45. The van der Waals surface area contributed by atoms with Crippen LogP contribution >= 0.6 is 0 Å². The van der Waals surface area contributed by atoms with E-state index in [1.165, 1.54) is 25.7 Å². The topological polar surface area (TPSA) is 72.9 Å². The molecule has 90 valence electrons. The maximum absolute atomic E-state index is 10.7. The summed E-state index contributed by atoms with van der Waals surface area (Å²) >= 11 is 0. The minimum Gasteiger partial charge on any atom is -0.351 e. The molecule has 1 aromatic rings. The molecule has 0 aliphatic rings. The average molecular weight is 224 g/mol. The van der Waals surface area contributed by atoms with E-state index in [1.807, 2.05) is 10.8 Å². The number of nitrogens with one attached hydrogen (secondary N) is 1. The molecule has 0 unspecified atom stereocenters. The van der Waals surface area contributed by atoms with Gasteiger partial charge >= 0.3 is 6.03 Å². The highest BCUT2D eigenvalue weighted by molar-refractivity contribution is 5.85. The molecular weight excluding hydrogens is 204 g/mol. The van der Waals surface area contributed by atoms with E-state index in [2.05, 4.69) is 17.2 Å². The Kier molecular flexibility index (Phi) is 5.39. The summed E-state index contributed by atoms with van der Waals surface area (Å²) in [5.41, 5.74) is 5.04. The number of aromatic nitrogens is 2. The van der Waals surface area contributed by atoms with Gasteiger partial charge in [-0.3, -0.25) is 5.32 Å². The van der Waals surface area contributed by atoms with Gasteiger partial charge in [-0.25, -0.2) is 9.78 Å². The number of nitrogens with zero attached hydrogens (tertiary/aromatic N) is 2. The van der Waals surface area contributed by atoms with Crippen LogP contribution in [-0.2, 0) is 6.54 Å². The quantitative estimate of drug-likeness (QED) is 0.698. The van der Waals surface area contributed by atoms with Gasteiger partial charge in [0.2, 0.25) is 5.95 Å². The van der Waals surface area contributed by atoms with Gasteiger partial charge < -0.3 is 10.3 Å². The van der Waals surface area contributed by atoms with Crippen LogP contribution in [0.25, 0.3) is 0 Å². The molecule has 5 heteroatoms. The van der Waals surface area contributed by atoms with Crippen LogP contribution in [-0.4, -0.2) is 15.6 Å². The van der Waals surface area contributed by atoms with Crippen LogP contribution in [0.3, 0.4) is 0 Å². The molecule has 0 spiro atoms. The Morgan fingerprint density at radius 2 is 2.19 bits per heavy atom. The third-order valence-electron chi connectivity index (χ3n) is 2.45. The van der Waals surface area contributed by atoms with Crippen molar-refractivity contribution < 1.29 is 4.79 Å². The van der Waals surface area contributed by atoms with Gasteiger partial charge in [-0.2, -0.15) is 0 Å². The molecule has 1 rings (SSSR count). The SMILES string of the molecule is CCCCCCCn1ccnc1NC(N)=O. The Bertz CT molecular complexity index is 322. The van der Waals surface area contributed by atoms with Crippen molar-refractivity contribution in [1.82, 2.24) is 9.55 Å². The number of hydrogen-bond acceptors (Lipinski definition) is 2. The van der Waals surface area contributed by atoms with Gasteiger partial charge in [0, 0.05) is 18.9 Å². The molecule has 1 aromatic heterocycles. The van der Waals surface area contributed by atoms with E-state index in [1.54, 1.807) is 6.20 Å². The first-order chi connectivity index (χ1) is 7.74. The average Bonchev–Trinajstić information content (AvgIpc) is 2.64. The molecule has 1 heterocycles. The molecule has 0 atom stereocenters. The molecule has 5 nitrogen and oxygen atoms in total. The molecule has 0 aliphatic heterocycles. The Hall–Kier alpha value is -1.52. The standard InChI is InChI=1S/C11H20N4O/c1-2-3-4-5-6-8-15-9-7-13-11(15)14-10(12)16/h7,9H,2-6,8H2,1H3,(H3,12,13,14,16). The number of imidazole rings is 1. The van der Waals surface area contributed by atoms with Crippen LogP contribution < -0.4 is 11.1 Å². The lowest BCUT2D eigenvalue weighted by Crippen LogP contribution is -2.22. The van der Waals surface area contributed by atoms with E-state index in [4.69, 9.17) is 5.73 Å². The van der Waals surface area contributed by atoms with Gasteiger partial charge in [0.1, 0.15) is 0 Å². The van der Waals surface area contributed by atoms with Crippen LogP contribution in [0.2, 0.25) is 0 Å². The minimum atomic E-state index is -0.571. The minimum absolute atomic E-state index is 0.531. The van der Waals surface area contributed by atoms with E-state index >= 15 is 0 Å². The second-order valence-electron chi connectivity index (χ2n) is 3.85. The zero-order chi connectivity index (χ0) is 11.8. The highest BCUT2D eigenvalue weighted by Gasteiger charge is 2.03. The number of rotatable bonds is 7. The third kappa shape index (κ3) is 4.33. The van der Waals surface area contributed by atoms with E-state index in [-0.39, 0.29) is 0 Å². The molecular formula is C11H20N4O. The lowest BCUT2D eigenvalue weighted by molar-refractivity contribution is 0.259. The van der Waals surface area contributed by atoms with Crippen LogP contribution in [0.1, 0.15) is 39.0 Å². The molecule has 0 aromatic carbocycles. The van der Waals surface area contributed by atoms with Crippen molar-refractivity contribution in [2.45, 2.75) is 45.6 Å². The zero-order valence-electron chi connectivity index (χ0n) is 9.78. The predicted octanol–water partition coefficient (Wildman–Crippen LogP) is 2.34. The summed E-state index contributed by atoms with van der Waals surface area (Å²) in [5, 5.41) is 2.50. The predicted molar refractivity (Wildman–Crippen MR) is 64.2 cm³/mol. The lowest BCUT2D eigenvalue weighted by Gasteiger charge is -2.07. The summed E-state index contributed by atoms with van der Waals surface area (Å²) in [6, 6.07) is -0.571. The number of hydrogen-bond donors (Lipinski definition) is 2. The van der Waals surface area contributed by atoms with Gasteiger partial charge in [0.15, 0.2) is 0 Å². The molecule has 0 radical (unpaired) electrons. The fourth-order valence-electron chi connectivity index (χ4n) is 1.61. The Labute approximate surface area is 96.0 Å². The Morgan fingerprint density at radius 1 is 1.44 bits per heavy atom. The zero-order valence-corrected chi connectivity index (χ0v) is 9.78. The molecule has 16 heavy (non-hydrogen) atoms. The molecule has 0 saturated carbocycles. The summed E-state index contributed by atoms with van der Waals surface area (Å²) in [6.45, 7) is 3.07. The van der Waals surface area contributed by atoms with Crippen molar-refractivity contribution in [2.24, 2.45) is 5.73 Å². The van der Waals surface area contributed by atoms with E-state index in [0.29, 0.717) is 5.95 Å². The first-order valence-electron chi connectivity index (χ1n) is 5.81. The highest BCUT2D eigenvalue weighted by atomic mass is 16.2. The number of amides is 2. The number of carbonyl (C=O) groups excluding carboxylic acids is 1. The van der Waals surface area contributed by atoms with Crippen molar-refractivity contribution in [3.8, 4) is 0 Å². The van der Waals surface area contributed by atoms with Crippen LogP contribution in [0, 0.1) is 0 Å². The molecule has 3 N–H and O–H groups in total. The molecule has 0 fully saturated rings. The van der Waals surface area contributed by atoms with Gasteiger partial charge in [-0.1, -0.05) is 32.6 Å². The van der Waals surface area contributed by atoms with Crippen molar-refractivity contribution >= 4 is 12.0 Å². The normalized spacial score (nSPS) is 10.3. The summed E-state index contributed by atoms with van der Waals surface area (Å²) < 4.78 is 1.91. The maximum atomic E-state index is 10.7. The number of carbonyl (C=O) groups is 1. The van der Waals surface area contributed by atoms with Gasteiger partial charge in [-0.05, 0) is 6.42 Å². The van der Waals surface area contributed by atoms with Crippen molar-refractivity contribution in [3.05, 3.63) is 12.4 Å². The highest BCUT2D eigenvalue weighted by Crippen LogP contribution is 2.08. The second kappa shape index (κ2) is 6.87. The summed E-state index contributed by atoms with van der Waals surface area (Å²) in [5.74, 6) is 0.531. The number of nitrogens with two attached hydrogens (primary N) is 1. The largest absolute Gasteiger partial charge is 0.351 e. The first kappa shape index (κ1) is 12.5. The lowest BCUT2D eigenvalue weighted by atomic mass is 10.1. The van der Waals surface area contributed by atoms with Gasteiger partial charge in [0.25, 0.3) is 0 Å². The van der Waals surface area contributed by atoms with Gasteiger partial charge in [0.05, 0.1) is 0 Å². The summed E-state index contributed by atoms with van der Waals surface area (Å²) in [6.07, 6.45) is 9.63.